The fraction of sp³-hybridized carbons (Fsp3) is 0.750. The Morgan fingerprint density at radius 1 is 0.365 bits per heavy atom. The van der Waals surface area contributed by atoms with Crippen LogP contribution in [0.25, 0.3) is 10.8 Å². The van der Waals surface area contributed by atoms with E-state index in [1.165, 1.54) is 180 Å². The van der Waals surface area contributed by atoms with Gasteiger partial charge in [-0.25, -0.2) is 9.59 Å². The van der Waals surface area contributed by atoms with Gasteiger partial charge in [0, 0.05) is 5.39 Å². The van der Waals surface area contributed by atoms with E-state index in [9.17, 15) is 9.59 Å². The van der Waals surface area contributed by atoms with E-state index in [1.54, 1.807) is 12.1 Å². The highest BCUT2D eigenvalue weighted by molar-refractivity contribution is 6.13. The maximum atomic E-state index is 13.1. The number of unbranched alkanes of at least 4 members (excludes halogenated alkanes) is 30. The summed E-state index contributed by atoms with van der Waals surface area (Å²) < 4.78 is 11.4. The molecular formula is C48H80O4. The molecule has 4 nitrogen and oxygen atoms in total. The molecule has 0 heterocycles. The minimum atomic E-state index is -0.360. The Morgan fingerprint density at radius 3 is 0.885 bits per heavy atom. The van der Waals surface area contributed by atoms with Crippen molar-refractivity contribution >= 4 is 22.7 Å². The Balaban J connectivity index is 1.49. The third-order valence-electron chi connectivity index (χ3n) is 10.8. The minimum Gasteiger partial charge on any atom is -0.462 e. The van der Waals surface area contributed by atoms with Gasteiger partial charge in [0.25, 0.3) is 0 Å². The monoisotopic (exact) mass is 721 g/mol. The van der Waals surface area contributed by atoms with Crippen molar-refractivity contribution in [2.75, 3.05) is 13.2 Å². The van der Waals surface area contributed by atoms with Gasteiger partial charge in [-0.15, -0.1) is 0 Å². The molecule has 4 heteroatoms. The highest BCUT2D eigenvalue weighted by Crippen LogP contribution is 2.25. The van der Waals surface area contributed by atoms with E-state index in [2.05, 4.69) is 13.8 Å². The van der Waals surface area contributed by atoms with Gasteiger partial charge in [-0.2, -0.15) is 0 Å². The predicted octanol–water partition coefficient (Wildman–Crippen LogP) is 15.7. The smallest absolute Gasteiger partial charge is 0.338 e. The van der Waals surface area contributed by atoms with Gasteiger partial charge in [0.1, 0.15) is 0 Å². The lowest BCUT2D eigenvalue weighted by atomic mass is 9.99. The van der Waals surface area contributed by atoms with Crippen molar-refractivity contribution in [1.29, 1.82) is 0 Å². The SMILES string of the molecule is CCCCCCCCCCCCCCCCCCCCCCCCOC(=O)c1cccc2cccc(C(=O)OCCCCCCCCCCCC)c12. The van der Waals surface area contributed by atoms with Crippen molar-refractivity contribution in [3.05, 3.63) is 47.5 Å². The number of hydrogen-bond donors (Lipinski definition) is 0. The summed E-state index contributed by atoms with van der Waals surface area (Å²) in [6.45, 7) is 5.38. The van der Waals surface area contributed by atoms with Crippen LogP contribution in [0.1, 0.15) is 240 Å². The quantitative estimate of drug-likeness (QED) is 0.0519. The summed E-state index contributed by atoms with van der Waals surface area (Å²) in [6, 6.07) is 11.1. The van der Waals surface area contributed by atoms with Gasteiger partial charge in [0.15, 0.2) is 0 Å². The lowest BCUT2D eigenvalue weighted by molar-refractivity contribution is 0.0498. The van der Waals surface area contributed by atoms with Crippen LogP contribution in [-0.2, 0) is 9.47 Å². The Labute approximate surface area is 321 Å². The van der Waals surface area contributed by atoms with Crippen LogP contribution >= 0.6 is 0 Å². The second-order valence-corrected chi connectivity index (χ2v) is 15.6. The molecule has 2 aromatic rings. The largest absolute Gasteiger partial charge is 0.462 e. The molecule has 2 aromatic carbocycles. The number of fused-ring (bicyclic) bond motifs is 1. The first-order chi connectivity index (χ1) is 25.7. The summed E-state index contributed by atoms with van der Waals surface area (Å²) in [5.41, 5.74) is 0.893. The van der Waals surface area contributed by atoms with Crippen molar-refractivity contribution in [3.63, 3.8) is 0 Å². The summed E-state index contributed by atoms with van der Waals surface area (Å²) in [4.78, 5) is 26.2. The first-order valence-electron chi connectivity index (χ1n) is 22.5. The molecule has 0 atom stereocenters. The molecule has 0 bridgehead atoms. The third-order valence-corrected chi connectivity index (χ3v) is 10.8. The number of hydrogen-bond acceptors (Lipinski definition) is 4. The summed E-state index contributed by atoms with van der Waals surface area (Å²) in [5.74, 6) is -0.717. The van der Waals surface area contributed by atoms with Crippen LogP contribution in [0.3, 0.4) is 0 Å². The lowest BCUT2D eigenvalue weighted by Crippen LogP contribution is -2.11. The van der Waals surface area contributed by atoms with Crippen molar-refractivity contribution in [1.82, 2.24) is 0 Å². The lowest BCUT2D eigenvalue weighted by Gasteiger charge is -2.12. The fourth-order valence-electron chi connectivity index (χ4n) is 7.47. The average molecular weight is 721 g/mol. The van der Waals surface area contributed by atoms with Crippen LogP contribution in [0.15, 0.2) is 36.4 Å². The Kier molecular flexibility index (Phi) is 29.3. The topological polar surface area (TPSA) is 52.6 Å². The van der Waals surface area contributed by atoms with Crippen molar-refractivity contribution in [3.8, 4) is 0 Å². The van der Waals surface area contributed by atoms with E-state index in [4.69, 9.17) is 9.47 Å². The van der Waals surface area contributed by atoms with Crippen LogP contribution < -0.4 is 0 Å². The minimum absolute atomic E-state index is 0.357. The molecule has 52 heavy (non-hydrogen) atoms. The van der Waals surface area contributed by atoms with Crippen LogP contribution in [0.4, 0.5) is 0 Å². The summed E-state index contributed by atoms with van der Waals surface area (Å²) in [7, 11) is 0. The summed E-state index contributed by atoms with van der Waals surface area (Å²) >= 11 is 0. The number of esters is 2. The summed E-state index contributed by atoms with van der Waals surface area (Å²) in [5, 5.41) is 1.49. The highest BCUT2D eigenvalue weighted by Gasteiger charge is 2.19. The van der Waals surface area contributed by atoms with Gasteiger partial charge in [-0.05, 0) is 30.4 Å². The number of ether oxygens (including phenoxy) is 2. The predicted molar refractivity (Wildman–Crippen MR) is 224 cm³/mol. The van der Waals surface area contributed by atoms with Gasteiger partial charge in [-0.1, -0.05) is 231 Å². The molecule has 0 unspecified atom stereocenters. The first-order valence-corrected chi connectivity index (χ1v) is 22.5. The second-order valence-electron chi connectivity index (χ2n) is 15.6. The van der Waals surface area contributed by atoms with Gasteiger partial charge < -0.3 is 9.47 Å². The number of benzene rings is 2. The Hall–Kier alpha value is -2.36. The van der Waals surface area contributed by atoms with E-state index in [1.807, 2.05) is 24.3 Å². The molecule has 0 aromatic heterocycles. The van der Waals surface area contributed by atoms with Crippen molar-refractivity contribution in [2.24, 2.45) is 0 Å². The maximum absolute atomic E-state index is 13.1. The standard InChI is InChI=1S/C48H80O4/c1-3-5-7-9-11-13-15-16-17-18-19-20-21-22-23-24-25-26-28-30-32-34-42-52-48(50)45-40-36-38-43-37-35-39-44(46(43)45)47(49)51-41-33-31-29-27-14-12-10-8-6-4-2/h35-40H,3-34,41-42H2,1-2H3. The Bertz CT molecular complexity index is 1140. The van der Waals surface area contributed by atoms with Crippen molar-refractivity contribution < 1.29 is 19.1 Å². The molecule has 0 saturated carbocycles. The van der Waals surface area contributed by atoms with Gasteiger partial charge in [0.05, 0.1) is 24.3 Å². The highest BCUT2D eigenvalue weighted by atomic mass is 16.5. The van der Waals surface area contributed by atoms with E-state index < -0.39 is 0 Å². The van der Waals surface area contributed by atoms with Gasteiger partial charge in [-0.3, -0.25) is 0 Å². The zero-order chi connectivity index (χ0) is 37.2. The van der Waals surface area contributed by atoms with E-state index in [0.717, 1.165) is 31.1 Å². The molecule has 2 rings (SSSR count). The van der Waals surface area contributed by atoms with Crippen LogP contribution in [-0.4, -0.2) is 25.2 Å². The van der Waals surface area contributed by atoms with Crippen LogP contribution in [0.5, 0.6) is 0 Å². The molecule has 0 fully saturated rings. The van der Waals surface area contributed by atoms with E-state index in [-0.39, 0.29) is 11.9 Å². The molecule has 0 N–H and O–H groups in total. The first kappa shape index (κ1) is 45.8. The maximum Gasteiger partial charge on any atom is 0.338 e. The zero-order valence-corrected chi connectivity index (χ0v) is 34.1. The molecule has 0 saturated heterocycles. The molecule has 0 aliphatic rings. The van der Waals surface area contributed by atoms with Gasteiger partial charge in [0.2, 0.25) is 0 Å². The van der Waals surface area contributed by atoms with E-state index >= 15 is 0 Å². The number of carbonyl (C=O) groups excluding carboxylic acids is 2. The molecule has 0 spiro atoms. The Morgan fingerprint density at radius 2 is 0.615 bits per heavy atom. The zero-order valence-electron chi connectivity index (χ0n) is 34.1. The number of carbonyl (C=O) groups is 2. The normalized spacial score (nSPS) is 11.3. The van der Waals surface area contributed by atoms with Crippen molar-refractivity contribution in [2.45, 2.75) is 219 Å². The van der Waals surface area contributed by atoms with Gasteiger partial charge >= 0.3 is 11.9 Å². The molecule has 296 valence electrons. The average Bonchev–Trinajstić information content (AvgIpc) is 3.16. The van der Waals surface area contributed by atoms with E-state index in [0.29, 0.717) is 29.7 Å². The number of rotatable bonds is 36. The fourth-order valence-corrected chi connectivity index (χ4v) is 7.47. The van der Waals surface area contributed by atoms with Crippen LogP contribution in [0.2, 0.25) is 0 Å². The third kappa shape index (κ3) is 22.7. The summed E-state index contributed by atoms with van der Waals surface area (Å²) in [6.07, 6.45) is 42.3. The molecular weight excluding hydrogens is 641 g/mol. The molecule has 0 aliphatic heterocycles. The molecule has 0 amide bonds. The molecule has 0 aliphatic carbocycles. The second kappa shape index (κ2) is 33.2. The molecule has 0 radical (unpaired) electrons. The van der Waals surface area contributed by atoms with Crippen LogP contribution in [0, 0.1) is 0 Å².